The van der Waals surface area contributed by atoms with Gasteiger partial charge in [0, 0.05) is 31.8 Å². The summed E-state index contributed by atoms with van der Waals surface area (Å²) in [6, 6.07) is 2.86. The molecule has 16 heavy (non-hydrogen) atoms. The molecule has 1 atom stereocenters. The number of ether oxygens (including phenoxy) is 1. The lowest BCUT2D eigenvalue weighted by Gasteiger charge is -2.15. The smallest absolute Gasteiger partial charge is 0.0641 e. The van der Waals surface area contributed by atoms with Crippen LogP contribution in [0.4, 0.5) is 0 Å². The summed E-state index contributed by atoms with van der Waals surface area (Å²) >= 11 is 0. The molecular weight excluding hydrogens is 202 g/mol. The maximum atomic E-state index is 5.19. The Kier molecular flexibility index (Phi) is 5.49. The van der Waals surface area contributed by atoms with Crippen LogP contribution in [0.25, 0.3) is 0 Å². The van der Waals surface area contributed by atoms with Crippen LogP contribution < -0.4 is 5.32 Å². The van der Waals surface area contributed by atoms with Gasteiger partial charge >= 0.3 is 0 Å². The van der Waals surface area contributed by atoms with Crippen LogP contribution in [0.15, 0.2) is 12.3 Å². The molecule has 0 saturated heterocycles. The average Bonchev–Trinajstić information content (AvgIpc) is 2.67. The van der Waals surface area contributed by atoms with Gasteiger partial charge in [-0.25, -0.2) is 0 Å². The van der Waals surface area contributed by atoms with E-state index in [-0.39, 0.29) is 0 Å². The molecule has 0 saturated carbocycles. The van der Waals surface area contributed by atoms with E-state index in [2.05, 4.69) is 37.3 Å². The molecule has 4 nitrogen and oxygen atoms in total. The summed E-state index contributed by atoms with van der Waals surface area (Å²) < 4.78 is 7.18. The van der Waals surface area contributed by atoms with Gasteiger partial charge in [-0.3, -0.25) is 4.68 Å². The van der Waals surface area contributed by atoms with Crippen LogP contribution in [0, 0.1) is 0 Å². The maximum Gasteiger partial charge on any atom is 0.0641 e. The zero-order valence-corrected chi connectivity index (χ0v) is 10.7. The van der Waals surface area contributed by atoms with Crippen molar-refractivity contribution in [1.29, 1.82) is 0 Å². The van der Waals surface area contributed by atoms with Gasteiger partial charge in [-0.2, -0.15) is 5.10 Å². The molecule has 0 fully saturated rings. The molecule has 1 rings (SSSR count). The van der Waals surface area contributed by atoms with Gasteiger partial charge in [0.15, 0.2) is 0 Å². The Morgan fingerprint density at radius 1 is 1.50 bits per heavy atom. The molecule has 0 aromatic carbocycles. The number of nitrogens with zero attached hydrogens (tertiary/aromatic N) is 2. The van der Waals surface area contributed by atoms with Crippen molar-refractivity contribution in [2.75, 3.05) is 20.3 Å². The topological polar surface area (TPSA) is 39.1 Å². The molecule has 1 heterocycles. The van der Waals surface area contributed by atoms with Crippen LogP contribution in [0.3, 0.4) is 0 Å². The van der Waals surface area contributed by atoms with Crippen LogP contribution in [0.1, 0.15) is 32.5 Å². The molecule has 0 aliphatic rings. The number of aromatic nitrogens is 2. The number of hydrogen-bond donors (Lipinski definition) is 1. The Labute approximate surface area is 98.0 Å². The van der Waals surface area contributed by atoms with Crippen molar-refractivity contribution in [3.8, 4) is 0 Å². The van der Waals surface area contributed by atoms with E-state index in [1.165, 1.54) is 0 Å². The van der Waals surface area contributed by atoms with Crippen LogP contribution in [0.2, 0.25) is 0 Å². The lowest BCUT2D eigenvalue weighted by molar-refractivity contribution is 0.166. The first-order chi connectivity index (χ1) is 7.67. The predicted octanol–water partition coefficient (Wildman–Crippen LogP) is 1.63. The van der Waals surface area contributed by atoms with Crippen LogP contribution in [0.5, 0.6) is 0 Å². The first kappa shape index (κ1) is 13.2. The highest BCUT2D eigenvalue weighted by molar-refractivity contribution is 5.02. The monoisotopic (exact) mass is 225 g/mol. The van der Waals surface area contributed by atoms with Crippen LogP contribution in [-0.4, -0.2) is 36.1 Å². The van der Waals surface area contributed by atoms with E-state index in [1.54, 1.807) is 7.11 Å². The van der Waals surface area contributed by atoms with Gasteiger partial charge in [0.05, 0.1) is 12.3 Å². The fourth-order valence-electron chi connectivity index (χ4n) is 1.71. The molecule has 92 valence electrons. The number of nitrogens with one attached hydrogen (secondary N) is 1. The van der Waals surface area contributed by atoms with E-state index < -0.39 is 0 Å². The number of rotatable bonds is 7. The van der Waals surface area contributed by atoms with E-state index in [9.17, 15) is 0 Å². The fourth-order valence-corrected chi connectivity index (χ4v) is 1.71. The normalized spacial score (nSPS) is 13.3. The molecule has 0 aliphatic heterocycles. The third kappa shape index (κ3) is 3.94. The van der Waals surface area contributed by atoms with Gasteiger partial charge in [-0.1, -0.05) is 6.92 Å². The largest absolute Gasteiger partial charge is 0.383 e. The number of likely N-dealkylation sites (N-methyl/N-ethyl adjacent to an activating group) is 1. The Morgan fingerprint density at radius 3 is 2.75 bits per heavy atom. The molecule has 1 aromatic heterocycles. The van der Waals surface area contributed by atoms with E-state index in [1.807, 2.05) is 10.9 Å². The number of hydrogen-bond acceptors (Lipinski definition) is 3. The Balaban J connectivity index is 2.55. The molecule has 0 amide bonds. The quantitative estimate of drug-likeness (QED) is 0.766. The molecule has 1 unspecified atom stereocenters. The highest BCUT2D eigenvalue weighted by Crippen LogP contribution is 2.06. The lowest BCUT2D eigenvalue weighted by atomic mass is 10.1. The minimum absolute atomic E-state index is 0.352. The van der Waals surface area contributed by atoms with Gasteiger partial charge in [-0.05, 0) is 26.5 Å². The first-order valence-corrected chi connectivity index (χ1v) is 5.93. The second-order valence-electron chi connectivity index (χ2n) is 4.29. The highest BCUT2D eigenvalue weighted by Gasteiger charge is 2.10. The third-order valence-corrected chi connectivity index (χ3v) is 2.51. The Hall–Kier alpha value is -0.870. The fraction of sp³-hybridized carbons (Fsp3) is 0.750. The third-order valence-electron chi connectivity index (χ3n) is 2.51. The Bertz CT molecular complexity index is 290. The Morgan fingerprint density at radius 2 is 2.25 bits per heavy atom. The summed E-state index contributed by atoms with van der Waals surface area (Å²) in [5.74, 6) is 0. The lowest BCUT2D eigenvalue weighted by Crippen LogP contribution is -2.35. The van der Waals surface area contributed by atoms with Crippen molar-refractivity contribution in [2.24, 2.45) is 0 Å². The highest BCUT2D eigenvalue weighted by atomic mass is 16.5. The molecule has 0 aliphatic carbocycles. The molecule has 1 aromatic rings. The first-order valence-electron chi connectivity index (χ1n) is 5.93. The molecule has 0 spiro atoms. The van der Waals surface area contributed by atoms with Gasteiger partial charge in [0.2, 0.25) is 0 Å². The van der Waals surface area contributed by atoms with E-state index >= 15 is 0 Å². The van der Waals surface area contributed by atoms with Gasteiger partial charge < -0.3 is 10.1 Å². The average molecular weight is 225 g/mol. The minimum atomic E-state index is 0.352. The van der Waals surface area contributed by atoms with Crippen LogP contribution >= 0.6 is 0 Å². The zero-order chi connectivity index (χ0) is 12.0. The molecular formula is C12H23N3O. The van der Waals surface area contributed by atoms with E-state index in [4.69, 9.17) is 4.74 Å². The number of methoxy groups -OCH3 is 1. The molecule has 1 N–H and O–H groups in total. The summed E-state index contributed by atoms with van der Waals surface area (Å²) in [5, 5.41) is 7.93. The summed E-state index contributed by atoms with van der Waals surface area (Å²) in [5.41, 5.74) is 1.12. The van der Waals surface area contributed by atoms with E-state index in [0.717, 1.165) is 25.3 Å². The molecule has 0 bridgehead atoms. The van der Waals surface area contributed by atoms with Crippen molar-refractivity contribution in [1.82, 2.24) is 15.1 Å². The maximum absolute atomic E-state index is 5.19. The summed E-state index contributed by atoms with van der Waals surface area (Å²) in [4.78, 5) is 0. The molecule has 4 heteroatoms. The van der Waals surface area contributed by atoms with Gasteiger partial charge in [0.25, 0.3) is 0 Å². The second kappa shape index (κ2) is 6.66. The molecule has 0 radical (unpaired) electrons. The summed E-state index contributed by atoms with van der Waals surface area (Å²) in [6.07, 6.45) is 2.96. The standard InChI is InChI=1S/C12H23N3O/c1-5-13-12(9-16-4)8-11-6-7-15(14-11)10(2)3/h6-7,10,12-13H,5,8-9H2,1-4H3. The van der Waals surface area contributed by atoms with Crippen molar-refractivity contribution in [2.45, 2.75) is 39.3 Å². The van der Waals surface area contributed by atoms with Crippen molar-refractivity contribution < 1.29 is 4.74 Å². The van der Waals surface area contributed by atoms with Crippen molar-refractivity contribution in [3.05, 3.63) is 18.0 Å². The van der Waals surface area contributed by atoms with Crippen LogP contribution in [-0.2, 0) is 11.2 Å². The predicted molar refractivity (Wildman–Crippen MR) is 65.7 cm³/mol. The van der Waals surface area contributed by atoms with Gasteiger partial charge in [-0.15, -0.1) is 0 Å². The summed E-state index contributed by atoms with van der Waals surface area (Å²) in [6.45, 7) is 8.05. The zero-order valence-electron chi connectivity index (χ0n) is 10.7. The SMILES string of the molecule is CCNC(COC)Cc1ccn(C(C)C)n1. The second-order valence-corrected chi connectivity index (χ2v) is 4.29. The van der Waals surface area contributed by atoms with Gasteiger partial charge in [0.1, 0.15) is 0 Å². The summed E-state index contributed by atoms with van der Waals surface area (Å²) in [7, 11) is 1.73. The van der Waals surface area contributed by atoms with Crippen molar-refractivity contribution >= 4 is 0 Å². The van der Waals surface area contributed by atoms with Crippen molar-refractivity contribution in [3.63, 3.8) is 0 Å². The minimum Gasteiger partial charge on any atom is -0.383 e. The van der Waals surface area contributed by atoms with E-state index in [0.29, 0.717) is 12.1 Å².